The molecule has 0 atom stereocenters. The molecule has 0 saturated heterocycles. The Morgan fingerprint density at radius 3 is 0.909 bits per heavy atom. The van der Waals surface area contributed by atoms with Crippen molar-refractivity contribution in [1.29, 1.82) is 0 Å². The SMILES string of the molecule is O.O=C(O)C(=O)O.[Co].[Co].[Fe].[Fe]. The van der Waals surface area contributed by atoms with Crippen molar-refractivity contribution < 1.29 is 93.0 Å². The first-order valence-corrected chi connectivity index (χ1v) is 1.11. The van der Waals surface area contributed by atoms with Crippen molar-refractivity contribution in [2.24, 2.45) is 0 Å². The summed E-state index contributed by atoms with van der Waals surface area (Å²) in [4.78, 5) is 18.2. The molecule has 11 heavy (non-hydrogen) atoms. The first kappa shape index (κ1) is 40.5. The maximum atomic E-state index is 9.10. The molecule has 0 spiro atoms. The van der Waals surface area contributed by atoms with Gasteiger partial charge in [0.15, 0.2) is 0 Å². The van der Waals surface area contributed by atoms with Gasteiger partial charge in [0.2, 0.25) is 0 Å². The first-order chi connectivity index (χ1) is 2.64. The summed E-state index contributed by atoms with van der Waals surface area (Å²) in [5.41, 5.74) is 0. The number of hydrogen-bond acceptors (Lipinski definition) is 2. The van der Waals surface area contributed by atoms with E-state index in [1.807, 2.05) is 0 Å². The fraction of sp³-hybridized carbons (Fsp3) is 0. The maximum absolute atomic E-state index is 9.10. The van der Waals surface area contributed by atoms with Crippen molar-refractivity contribution in [3.8, 4) is 0 Å². The molecule has 0 heterocycles. The number of carbonyl (C=O) groups is 2. The molecule has 2 radical (unpaired) electrons. The first-order valence-electron chi connectivity index (χ1n) is 1.11. The van der Waals surface area contributed by atoms with E-state index in [0.29, 0.717) is 0 Å². The zero-order chi connectivity index (χ0) is 5.15. The topological polar surface area (TPSA) is 106 Å². The van der Waals surface area contributed by atoms with E-state index in [1.54, 1.807) is 0 Å². The average molecular weight is 338 g/mol. The summed E-state index contributed by atoms with van der Waals surface area (Å²) in [7, 11) is 0. The van der Waals surface area contributed by atoms with Crippen LogP contribution < -0.4 is 0 Å². The molecule has 0 unspecified atom stereocenters. The van der Waals surface area contributed by atoms with Gasteiger partial charge in [0.05, 0.1) is 0 Å². The average Bonchev–Trinajstić information content (AvgIpc) is 1.36. The van der Waals surface area contributed by atoms with Crippen LogP contribution in [0.15, 0.2) is 0 Å². The van der Waals surface area contributed by atoms with Crippen molar-refractivity contribution >= 4 is 11.9 Å². The van der Waals surface area contributed by atoms with E-state index in [0.717, 1.165) is 0 Å². The van der Waals surface area contributed by atoms with Crippen LogP contribution in [0.1, 0.15) is 0 Å². The Bertz CT molecular complexity index is 86.5. The smallest absolute Gasteiger partial charge is 0.414 e. The summed E-state index contributed by atoms with van der Waals surface area (Å²) in [6.45, 7) is 0. The van der Waals surface area contributed by atoms with Crippen LogP contribution >= 0.6 is 0 Å². The van der Waals surface area contributed by atoms with Crippen molar-refractivity contribution in [1.82, 2.24) is 0 Å². The summed E-state index contributed by atoms with van der Waals surface area (Å²) in [5.74, 6) is -3.65. The van der Waals surface area contributed by atoms with Crippen LogP contribution in [0.5, 0.6) is 0 Å². The van der Waals surface area contributed by atoms with Gasteiger partial charge in [-0.2, -0.15) is 0 Å². The Kier molecular flexibility index (Phi) is 82.6. The van der Waals surface area contributed by atoms with Crippen molar-refractivity contribution in [2.45, 2.75) is 0 Å². The standard InChI is InChI=1S/C2H2O4.2Co.2Fe.H2O/c3-1(4)2(5)6;;;;;/h(H,3,4)(H,5,6);;;;;1H2. The normalized spacial score (nSPS) is 4.00. The van der Waals surface area contributed by atoms with Gasteiger partial charge in [-0.3, -0.25) is 0 Å². The number of carboxylic acids is 2. The molecule has 9 heteroatoms. The molecule has 0 aromatic rings. The molecule has 4 N–H and O–H groups in total. The van der Waals surface area contributed by atoms with Gasteiger partial charge in [0.1, 0.15) is 0 Å². The third kappa shape index (κ3) is 35.8. The Morgan fingerprint density at radius 1 is 0.818 bits per heavy atom. The van der Waals surface area contributed by atoms with Crippen LogP contribution in [-0.2, 0) is 77.3 Å². The van der Waals surface area contributed by atoms with Crippen LogP contribution in [0.4, 0.5) is 0 Å². The van der Waals surface area contributed by atoms with Crippen LogP contribution in [0.2, 0.25) is 0 Å². The maximum Gasteiger partial charge on any atom is 0.414 e. The van der Waals surface area contributed by atoms with E-state index in [4.69, 9.17) is 19.8 Å². The second-order valence-electron chi connectivity index (χ2n) is 0.610. The van der Waals surface area contributed by atoms with Gasteiger partial charge >= 0.3 is 11.9 Å². The Hall–Kier alpha value is 0.952. The predicted octanol–water partition coefficient (Wildman–Crippen LogP) is -1.68. The van der Waals surface area contributed by atoms with Gasteiger partial charge in [0.25, 0.3) is 0 Å². The fourth-order valence-electron chi connectivity index (χ4n) is 0. The predicted molar refractivity (Wildman–Crippen MR) is 18.9 cm³/mol. The molecule has 0 bridgehead atoms. The molecule has 5 nitrogen and oxygen atoms in total. The third-order valence-electron chi connectivity index (χ3n) is 0.183. The van der Waals surface area contributed by atoms with E-state index in [-0.39, 0.29) is 73.2 Å². The van der Waals surface area contributed by atoms with E-state index < -0.39 is 11.9 Å². The molecule has 0 aromatic carbocycles. The molecular formula is C2H4Co2Fe2O5. The minimum atomic E-state index is -1.82. The Balaban J connectivity index is -0.0000000125. The summed E-state index contributed by atoms with van der Waals surface area (Å²) >= 11 is 0. The number of carboxylic acid groups (broad SMARTS) is 2. The van der Waals surface area contributed by atoms with Gasteiger partial charge in [-0.1, -0.05) is 0 Å². The van der Waals surface area contributed by atoms with E-state index in [1.165, 1.54) is 0 Å². The molecule has 0 amide bonds. The largest absolute Gasteiger partial charge is 0.473 e. The van der Waals surface area contributed by atoms with Gasteiger partial charge in [-0.15, -0.1) is 0 Å². The zero-order valence-electron chi connectivity index (χ0n) is 4.58. The third-order valence-corrected chi connectivity index (χ3v) is 0.183. The van der Waals surface area contributed by atoms with Gasteiger partial charge in [-0.25, -0.2) is 9.59 Å². The molecule has 0 saturated carbocycles. The number of hydrogen-bond donors (Lipinski definition) is 2. The Labute approximate surface area is 104 Å². The van der Waals surface area contributed by atoms with Gasteiger partial charge < -0.3 is 15.7 Å². The second-order valence-corrected chi connectivity index (χ2v) is 0.610. The minimum Gasteiger partial charge on any atom is -0.473 e. The van der Waals surface area contributed by atoms with Crippen LogP contribution in [0.25, 0.3) is 0 Å². The molecule has 0 aliphatic heterocycles. The molecule has 0 aromatic heterocycles. The van der Waals surface area contributed by atoms with Crippen molar-refractivity contribution in [3.63, 3.8) is 0 Å². The van der Waals surface area contributed by atoms with Crippen LogP contribution in [0, 0.1) is 0 Å². The van der Waals surface area contributed by atoms with E-state index in [9.17, 15) is 0 Å². The molecular weight excluding hydrogens is 334 g/mol. The van der Waals surface area contributed by atoms with Crippen LogP contribution in [0.3, 0.4) is 0 Å². The second kappa shape index (κ2) is 22.4. The molecule has 76 valence electrons. The minimum absolute atomic E-state index is 0. The van der Waals surface area contributed by atoms with E-state index in [2.05, 4.69) is 0 Å². The van der Waals surface area contributed by atoms with Crippen molar-refractivity contribution in [3.05, 3.63) is 0 Å². The molecule has 0 aliphatic carbocycles. The van der Waals surface area contributed by atoms with Crippen molar-refractivity contribution in [2.75, 3.05) is 0 Å². The van der Waals surface area contributed by atoms with Gasteiger partial charge in [0, 0.05) is 67.7 Å². The van der Waals surface area contributed by atoms with Crippen LogP contribution in [-0.4, -0.2) is 27.6 Å². The monoisotopic (exact) mass is 338 g/mol. The number of rotatable bonds is 0. The molecule has 0 fully saturated rings. The van der Waals surface area contributed by atoms with E-state index >= 15 is 0 Å². The summed E-state index contributed by atoms with van der Waals surface area (Å²) in [6.07, 6.45) is 0. The summed E-state index contributed by atoms with van der Waals surface area (Å²) in [6, 6.07) is 0. The number of aliphatic carboxylic acids is 2. The quantitative estimate of drug-likeness (QED) is 0.407. The Morgan fingerprint density at radius 2 is 0.909 bits per heavy atom. The summed E-state index contributed by atoms with van der Waals surface area (Å²) < 4.78 is 0. The van der Waals surface area contributed by atoms with Gasteiger partial charge in [-0.05, 0) is 0 Å². The molecule has 0 rings (SSSR count). The zero-order valence-corrected chi connectivity index (χ0v) is 8.88. The molecule has 0 aliphatic rings. The fourth-order valence-corrected chi connectivity index (χ4v) is 0. The summed E-state index contributed by atoms with van der Waals surface area (Å²) in [5, 5.41) is 14.8.